The largest absolute Gasteiger partial charge is 0.479 e. The van der Waals surface area contributed by atoms with Crippen LogP contribution in [0.2, 0.25) is 0 Å². The molecule has 3 heterocycles. The summed E-state index contributed by atoms with van der Waals surface area (Å²) in [6, 6.07) is 7.54. The van der Waals surface area contributed by atoms with Gasteiger partial charge in [0.15, 0.2) is 0 Å². The van der Waals surface area contributed by atoms with Gasteiger partial charge in [0.1, 0.15) is 11.6 Å². The molecule has 1 aromatic heterocycles. The van der Waals surface area contributed by atoms with Crippen LogP contribution >= 0.6 is 0 Å². The minimum Gasteiger partial charge on any atom is -0.479 e. The lowest BCUT2D eigenvalue weighted by molar-refractivity contribution is -0.156. The van der Waals surface area contributed by atoms with Gasteiger partial charge in [-0.15, -0.1) is 0 Å². The number of fused-ring (bicyclic) bond motifs is 1. The number of nitrogens with zero attached hydrogens (tertiary/aromatic N) is 3. The molecule has 0 bridgehead atoms. The number of carbonyl (C=O) groups excluding carboxylic acids is 1. The number of carboxylic acids is 1. The molecule has 4 rings (SSSR count). The van der Waals surface area contributed by atoms with Gasteiger partial charge in [0, 0.05) is 19.7 Å². The molecule has 1 N–H and O–H groups in total. The van der Waals surface area contributed by atoms with E-state index in [4.69, 9.17) is 4.74 Å². The monoisotopic (exact) mass is 357 g/mol. The van der Waals surface area contributed by atoms with Crippen molar-refractivity contribution in [2.75, 3.05) is 19.7 Å². The van der Waals surface area contributed by atoms with Crippen molar-refractivity contribution in [3.63, 3.8) is 0 Å². The maximum Gasteiger partial charge on any atom is 0.330 e. The van der Waals surface area contributed by atoms with Crippen molar-refractivity contribution in [2.24, 2.45) is 0 Å². The average molecular weight is 357 g/mol. The lowest BCUT2D eigenvalue weighted by atomic mass is 9.86. The highest BCUT2D eigenvalue weighted by atomic mass is 16.5. The van der Waals surface area contributed by atoms with Gasteiger partial charge >= 0.3 is 5.97 Å². The van der Waals surface area contributed by atoms with Crippen molar-refractivity contribution < 1.29 is 19.4 Å². The summed E-state index contributed by atoms with van der Waals surface area (Å²) in [5.41, 5.74) is 0.521. The fourth-order valence-corrected chi connectivity index (χ4v) is 4.09. The first-order valence-electron chi connectivity index (χ1n) is 9.18. The van der Waals surface area contributed by atoms with Crippen molar-refractivity contribution in [3.05, 3.63) is 30.6 Å². The fourth-order valence-electron chi connectivity index (χ4n) is 4.09. The third kappa shape index (κ3) is 2.76. The second-order valence-electron chi connectivity index (χ2n) is 7.12. The van der Waals surface area contributed by atoms with Gasteiger partial charge in [-0.05, 0) is 44.2 Å². The highest BCUT2D eigenvalue weighted by Crippen LogP contribution is 2.34. The van der Waals surface area contributed by atoms with Crippen LogP contribution in [0.4, 0.5) is 0 Å². The molecule has 0 spiro atoms. The molecule has 2 fully saturated rings. The van der Waals surface area contributed by atoms with E-state index in [9.17, 15) is 14.7 Å². The molecular weight excluding hydrogens is 334 g/mol. The van der Waals surface area contributed by atoms with Crippen LogP contribution in [0.1, 0.15) is 32.1 Å². The normalized spacial score (nSPS) is 23.1. The Kier molecular flexibility index (Phi) is 4.40. The molecule has 2 aliphatic heterocycles. The molecule has 0 unspecified atom stereocenters. The van der Waals surface area contributed by atoms with Gasteiger partial charge in [0.25, 0.3) is 5.91 Å². The molecular formula is C19H23N3O4. The molecule has 7 heteroatoms. The molecule has 0 saturated carbocycles. The predicted octanol–water partition coefficient (Wildman–Crippen LogP) is 2.01. The Hall–Kier alpha value is -2.41. The summed E-state index contributed by atoms with van der Waals surface area (Å²) in [7, 11) is 0. The number of rotatable bonds is 3. The summed E-state index contributed by atoms with van der Waals surface area (Å²) in [5.74, 6) is -0.874. The molecule has 26 heavy (non-hydrogen) atoms. The number of benzene rings is 1. The highest BCUT2D eigenvalue weighted by molar-refractivity contribution is 5.84. The summed E-state index contributed by atoms with van der Waals surface area (Å²) in [4.78, 5) is 31.0. The number of para-hydroxylation sites is 2. The van der Waals surface area contributed by atoms with Gasteiger partial charge in [0.2, 0.25) is 0 Å². The van der Waals surface area contributed by atoms with E-state index >= 15 is 0 Å². The second-order valence-corrected chi connectivity index (χ2v) is 7.12. The van der Waals surface area contributed by atoms with Crippen LogP contribution in [0.3, 0.4) is 0 Å². The molecule has 1 aromatic carbocycles. The van der Waals surface area contributed by atoms with Gasteiger partial charge in [0.05, 0.1) is 17.4 Å². The molecule has 138 valence electrons. The van der Waals surface area contributed by atoms with Gasteiger partial charge < -0.3 is 19.3 Å². The first kappa shape index (κ1) is 17.0. The minimum atomic E-state index is -1.07. The van der Waals surface area contributed by atoms with E-state index in [0.29, 0.717) is 32.5 Å². The zero-order valence-corrected chi connectivity index (χ0v) is 14.6. The summed E-state index contributed by atoms with van der Waals surface area (Å²) < 4.78 is 7.37. The first-order chi connectivity index (χ1) is 12.6. The van der Waals surface area contributed by atoms with E-state index < -0.39 is 11.5 Å². The maximum atomic E-state index is 12.7. The number of carbonyl (C=O) groups is 2. The lowest BCUT2D eigenvalue weighted by Gasteiger charge is -2.41. The topological polar surface area (TPSA) is 84.7 Å². The van der Waals surface area contributed by atoms with E-state index in [1.165, 1.54) is 0 Å². The van der Waals surface area contributed by atoms with Crippen LogP contribution in [0.25, 0.3) is 11.0 Å². The Labute approximate surface area is 151 Å². The summed E-state index contributed by atoms with van der Waals surface area (Å²) in [6.45, 7) is 1.46. The Balaban J connectivity index is 1.56. The Morgan fingerprint density at radius 3 is 2.65 bits per heavy atom. The van der Waals surface area contributed by atoms with E-state index in [2.05, 4.69) is 4.98 Å². The van der Waals surface area contributed by atoms with Gasteiger partial charge in [-0.1, -0.05) is 12.1 Å². The third-order valence-corrected chi connectivity index (χ3v) is 5.67. The number of piperidine rings is 1. The van der Waals surface area contributed by atoms with Crippen molar-refractivity contribution in [1.82, 2.24) is 14.5 Å². The van der Waals surface area contributed by atoms with Crippen molar-refractivity contribution >= 4 is 22.9 Å². The number of imidazole rings is 1. The highest BCUT2D eigenvalue weighted by Gasteiger charge is 2.45. The minimum absolute atomic E-state index is 0.000761. The zero-order valence-electron chi connectivity index (χ0n) is 14.6. The number of aromatic nitrogens is 2. The molecule has 1 amide bonds. The number of hydrogen-bond acceptors (Lipinski definition) is 4. The maximum absolute atomic E-state index is 12.7. The standard InChI is InChI=1S/C19H23N3O4/c23-17(16-7-3-4-12-26-16)21-10-8-19(9-11-21,18(24)25)22-13-20-14-5-1-2-6-15(14)22/h1-2,5-6,13,16H,3-4,7-12H2,(H,24,25)/t16-/m0/s1. The summed E-state index contributed by atoms with van der Waals surface area (Å²) >= 11 is 0. The van der Waals surface area contributed by atoms with E-state index in [0.717, 1.165) is 30.3 Å². The van der Waals surface area contributed by atoms with Crippen LogP contribution < -0.4 is 0 Å². The Bertz CT molecular complexity index is 817. The molecule has 0 radical (unpaired) electrons. The third-order valence-electron chi connectivity index (χ3n) is 5.67. The number of likely N-dealkylation sites (tertiary alicyclic amines) is 1. The zero-order chi connectivity index (χ0) is 18.1. The number of ether oxygens (including phenoxy) is 1. The second kappa shape index (κ2) is 6.72. The SMILES string of the molecule is O=C([C@@H]1CCCCO1)N1CCC(C(=O)O)(n2cnc3ccccc32)CC1. The number of amides is 1. The van der Waals surface area contributed by atoms with Gasteiger partial charge in [-0.3, -0.25) is 4.79 Å². The summed E-state index contributed by atoms with van der Waals surface area (Å²) in [5, 5.41) is 10.0. The van der Waals surface area contributed by atoms with Crippen molar-refractivity contribution in [2.45, 2.75) is 43.7 Å². The van der Waals surface area contributed by atoms with Gasteiger partial charge in [-0.25, -0.2) is 9.78 Å². The molecule has 2 aromatic rings. The van der Waals surface area contributed by atoms with Crippen molar-refractivity contribution in [3.8, 4) is 0 Å². The summed E-state index contributed by atoms with van der Waals surface area (Å²) in [6.07, 6.45) is 4.73. The number of hydrogen-bond donors (Lipinski definition) is 1. The number of aliphatic carboxylic acids is 1. The van der Waals surface area contributed by atoms with Crippen LogP contribution in [-0.4, -0.2) is 57.2 Å². The predicted molar refractivity (Wildman–Crippen MR) is 94.7 cm³/mol. The van der Waals surface area contributed by atoms with Crippen LogP contribution in [-0.2, 0) is 19.9 Å². The molecule has 7 nitrogen and oxygen atoms in total. The van der Waals surface area contributed by atoms with E-state index in [-0.39, 0.29) is 12.0 Å². The smallest absolute Gasteiger partial charge is 0.330 e. The lowest BCUT2D eigenvalue weighted by Crippen LogP contribution is -2.54. The Morgan fingerprint density at radius 2 is 1.96 bits per heavy atom. The fraction of sp³-hybridized carbons (Fsp3) is 0.526. The molecule has 0 aliphatic carbocycles. The van der Waals surface area contributed by atoms with Crippen LogP contribution in [0, 0.1) is 0 Å². The van der Waals surface area contributed by atoms with Gasteiger partial charge in [-0.2, -0.15) is 0 Å². The quantitative estimate of drug-likeness (QED) is 0.908. The molecule has 2 saturated heterocycles. The van der Waals surface area contributed by atoms with E-state index in [1.807, 2.05) is 24.3 Å². The van der Waals surface area contributed by atoms with Crippen molar-refractivity contribution in [1.29, 1.82) is 0 Å². The first-order valence-corrected chi connectivity index (χ1v) is 9.18. The van der Waals surface area contributed by atoms with Crippen LogP contribution in [0.5, 0.6) is 0 Å². The van der Waals surface area contributed by atoms with Crippen LogP contribution in [0.15, 0.2) is 30.6 Å². The Morgan fingerprint density at radius 1 is 1.19 bits per heavy atom. The molecule has 1 atom stereocenters. The average Bonchev–Trinajstić information content (AvgIpc) is 3.12. The van der Waals surface area contributed by atoms with E-state index in [1.54, 1.807) is 15.8 Å². The number of carboxylic acid groups (broad SMARTS) is 1. The molecule has 2 aliphatic rings.